The van der Waals surface area contributed by atoms with Crippen molar-refractivity contribution in [2.45, 2.75) is 353 Å². The molecule has 0 fully saturated rings. The molecule has 2 atom stereocenters. The van der Waals surface area contributed by atoms with Crippen molar-refractivity contribution in [1.82, 2.24) is 5.32 Å². The average molecular weight is 1120 g/mol. The summed E-state index contributed by atoms with van der Waals surface area (Å²) in [6, 6.07) is -0.654. The number of allylic oxidation sites excluding steroid dienone is 19. The van der Waals surface area contributed by atoms with Gasteiger partial charge < -0.3 is 15.5 Å². The van der Waals surface area contributed by atoms with Crippen molar-refractivity contribution in [2.24, 2.45) is 0 Å². The summed E-state index contributed by atoms with van der Waals surface area (Å²) in [5, 5.41) is 23.3. The fraction of sp³-hybridized carbons (Fsp3) is 0.727. The van der Waals surface area contributed by atoms with Crippen molar-refractivity contribution in [3.63, 3.8) is 0 Å². The van der Waals surface area contributed by atoms with Crippen molar-refractivity contribution in [3.05, 3.63) is 122 Å². The number of rotatable bonds is 64. The molecule has 0 saturated heterocycles. The zero-order valence-corrected chi connectivity index (χ0v) is 53.8. The first-order valence-corrected chi connectivity index (χ1v) is 35.2. The van der Waals surface area contributed by atoms with Gasteiger partial charge in [0.05, 0.1) is 18.8 Å². The largest absolute Gasteiger partial charge is 0.394 e. The molecule has 0 saturated carbocycles. The van der Waals surface area contributed by atoms with Gasteiger partial charge in [0.25, 0.3) is 0 Å². The van der Waals surface area contributed by atoms with E-state index in [-0.39, 0.29) is 12.5 Å². The molecule has 2 unspecified atom stereocenters. The van der Waals surface area contributed by atoms with Crippen LogP contribution in [0.1, 0.15) is 341 Å². The molecule has 0 spiro atoms. The fourth-order valence-corrected chi connectivity index (χ4v) is 10.4. The summed E-state index contributed by atoms with van der Waals surface area (Å²) in [5.74, 6) is -0.0786. The minimum Gasteiger partial charge on any atom is -0.394 e. The van der Waals surface area contributed by atoms with Crippen LogP contribution in [0.25, 0.3) is 0 Å². The Balaban J connectivity index is 3.54. The Hall–Kier alpha value is -3.21. The minimum absolute atomic E-state index is 0.0786. The van der Waals surface area contributed by atoms with E-state index in [1.54, 1.807) is 6.08 Å². The molecule has 0 aromatic carbocycles. The van der Waals surface area contributed by atoms with E-state index in [1.165, 1.54) is 238 Å². The maximum absolute atomic E-state index is 12.5. The van der Waals surface area contributed by atoms with E-state index >= 15 is 0 Å². The van der Waals surface area contributed by atoms with E-state index in [0.717, 1.165) is 83.5 Å². The topological polar surface area (TPSA) is 69.6 Å². The summed E-state index contributed by atoms with van der Waals surface area (Å²) in [6.07, 6.45) is 109. The smallest absolute Gasteiger partial charge is 0.220 e. The number of nitrogens with one attached hydrogen (secondary N) is 1. The lowest BCUT2D eigenvalue weighted by molar-refractivity contribution is -0.123. The second kappa shape index (κ2) is 71.1. The van der Waals surface area contributed by atoms with Gasteiger partial charge in [-0.25, -0.2) is 0 Å². The van der Waals surface area contributed by atoms with Crippen molar-refractivity contribution >= 4 is 5.91 Å². The summed E-state index contributed by atoms with van der Waals surface area (Å²) in [5.41, 5.74) is 0. The molecular weight excluding hydrogens is 987 g/mol. The van der Waals surface area contributed by atoms with Crippen LogP contribution in [0.3, 0.4) is 0 Å². The van der Waals surface area contributed by atoms with Gasteiger partial charge in [0.1, 0.15) is 0 Å². The molecule has 81 heavy (non-hydrogen) atoms. The highest BCUT2D eigenvalue weighted by Crippen LogP contribution is 2.18. The molecule has 0 aliphatic heterocycles. The molecule has 1 amide bonds. The van der Waals surface area contributed by atoms with Gasteiger partial charge in [0, 0.05) is 6.42 Å². The second-order valence-corrected chi connectivity index (χ2v) is 23.6. The summed E-state index contributed by atoms with van der Waals surface area (Å²) >= 11 is 0. The molecule has 4 heteroatoms. The molecule has 0 aromatic rings. The standard InChI is InChI=1S/C77H135NO3/c1-3-5-7-9-11-13-15-17-19-21-23-25-27-29-31-33-35-37-38-39-40-41-43-45-47-49-51-53-55-57-59-61-63-65-67-69-71-73-77(81)78-75(74-79)76(80)72-70-68-66-64-62-60-58-56-54-52-50-48-46-44-42-36-34-32-30-28-26-24-22-20-18-16-14-12-10-8-6-4-2/h5,7,11,13,17,19,23,25,29,31,35,37,39-40,54,56,62,64,70,72,75-76,79-80H,3-4,6,8-10,12,14-16,18,20-22,24,26-28,30,32-34,36,38,41-53,55,57-61,63,65-69,71,73-74H2,1-2H3,(H,78,81)/b7-5-,13-11-,19-17-,25-23-,31-29-,37-35-,40-39-,56-54+,64-62+,72-70+. The Morgan fingerprint density at radius 3 is 0.864 bits per heavy atom. The molecule has 4 nitrogen and oxygen atoms in total. The first-order valence-electron chi connectivity index (χ1n) is 35.2. The van der Waals surface area contributed by atoms with Crippen LogP contribution in [-0.2, 0) is 4.79 Å². The molecule has 0 rings (SSSR count). The van der Waals surface area contributed by atoms with Gasteiger partial charge in [-0.15, -0.1) is 0 Å². The molecule has 0 aliphatic carbocycles. The van der Waals surface area contributed by atoms with Gasteiger partial charge in [0.2, 0.25) is 5.91 Å². The third kappa shape index (κ3) is 67.5. The van der Waals surface area contributed by atoms with Gasteiger partial charge in [0.15, 0.2) is 0 Å². The average Bonchev–Trinajstić information content (AvgIpc) is 3.47. The maximum atomic E-state index is 12.5. The Morgan fingerprint density at radius 2 is 0.556 bits per heavy atom. The number of carbonyl (C=O) groups is 1. The highest BCUT2D eigenvalue weighted by Gasteiger charge is 2.18. The highest BCUT2D eigenvalue weighted by molar-refractivity contribution is 5.76. The van der Waals surface area contributed by atoms with E-state index in [1.807, 2.05) is 6.08 Å². The summed E-state index contributed by atoms with van der Waals surface area (Å²) in [7, 11) is 0. The van der Waals surface area contributed by atoms with Crippen LogP contribution >= 0.6 is 0 Å². The quantitative estimate of drug-likeness (QED) is 0.0420. The summed E-state index contributed by atoms with van der Waals surface area (Å²) < 4.78 is 0. The van der Waals surface area contributed by atoms with Crippen molar-refractivity contribution in [2.75, 3.05) is 6.61 Å². The van der Waals surface area contributed by atoms with Crippen molar-refractivity contribution in [1.29, 1.82) is 0 Å². The zero-order valence-electron chi connectivity index (χ0n) is 53.8. The molecule has 0 heterocycles. The van der Waals surface area contributed by atoms with Gasteiger partial charge in [-0.1, -0.05) is 354 Å². The molecule has 466 valence electrons. The lowest BCUT2D eigenvalue weighted by atomic mass is 10.0. The van der Waals surface area contributed by atoms with E-state index in [9.17, 15) is 15.0 Å². The summed E-state index contributed by atoms with van der Waals surface area (Å²) in [4.78, 5) is 12.5. The van der Waals surface area contributed by atoms with Gasteiger partial charge >= 0.3 is 0 Å². The van der Waals surface area contributed by atoms with Gasteiger partial charge in [-0.3, -0.25) is 4.79 Å². The number of unbranched alkanes of at least 4 members (excludes halogenated alkanes) is 39. The number of aliphatic hydroxyl groups excluding tert-OH is 2. The number of aliphatic hydroxyl groups is 2. The first kappa shape index (κ1) is 77.8. The Labute approximate surface area is 505 Å². The molecule has 0 bridgehead atoms. The Morgan fingerprint density at radius 1 is 0.309 bits per heavy atom. The maximum Gasteiger partial charge on any atom is 0.220 e. The number of amides is 1. The molecule has 0 radical (unpaired) electrons. The van der Waals surface area contributed by atoms with Crippen molar-refractivity contribution < 1.29 is 15.0 Å². The van der Waals surface area contributed by atoms with Crippen LogP contribution in [-0.4, -0.2) is 34.9 Å². The third-order valence-corrected chi connectivity index (χ3v) is 15.7. The van der Waals surface area contributed by atoms with E-state index in [0.29, 0.717) is 6.42 Å². The minimum atomic E-state index is -0.879. The van der Waals surface area contributed by atoms with E-state index in [4.69, 9.17) is 0 Å². The van der Waals surface area contributed by atoms with Crippen LogP contribution in [0.2, 0.25) is 0 Å². The van der Waals surface area contributed by atoms with Crippen LogP contribution in [0.4, 0.5) is 0 Å². The van der Waals surface area contributed by atoms with Crippen molar-refractivity contribution in [3.8, 4) is 0 Å². The predicted molar refractivity (Wildman–Crippen MR) is 363 cm³/mol. The SMILES string of the molecule is CC/C=C\C/C=C\C/C=C\C/C=C\C/C=C\C/C=C\C/C=C\CCCCCCCCCCCCCCCCCC(=O)NC(CO)C(O)/C=C/CC/C=C/CC/C=C/CCCCCCCCCCCCCCCCCCCCCCCC. The van der Waals surface area contributed by atoms with Gasteiger partial charge in [-0.2, -0.15) is 0 Å². The zero-order chi connectivity index (χ0) is 58.4. The lowest BCUT2D eigenvalue weighted by Gasteiger charge is -2.19. The normalized spacial score (nSPS) is 13.5. The van der Waals surface area contributed by atoms with E-state index < -0.39 is 12.1 Å². The molecule has 3 N–H and O–H groups in total. The molecular formula is C77H135NO3. The Kier molecular flexibility index (Phi) is 68.2. The monoisotopic (exact) mass is 1120 g/mol. The van der Waals surface area contributed by atoms with Gasteiger partial charge in [-0.05, 0) is 103 Å². The van der Waals surface area contributed by atoms with E-state index in [2.05, 4.69) is 129 Å². The molecule has 0 aliphatic rings. The lowest BCUT2D eigenvalue weighted by Crippen LogP contribution is -2.45. The third-order valence-electron chi connectivity index (χ3n) is 15.7. The highest BCUT2D eigenvalue weighted by atomic mass is 16.3. The second-order valence-electron chi connectivity index (χ2n) is 23.6. The fourth-order valence-electron chi connectivity index (χ4n) is 10.4. The number of carbonyl (C=O) groups excluding carboxylic acids is 1. The Bertz CT molecular complexity index is 1560. The molecule has 0 aromatic heterocycles. The van der Waals surface area contributed by atoms with Crippen LogP contribution in [0, 0.1) is 0 Å². The summed E-state index contributed by atoms with van der Waals surface area (Å²) in [6.45, 7) is 4.20. The van der Waals surface area contributed by atoms with Crippen LogP contribution < -0.4 is 5.32 Å². The van der Waals surface area contributed by atoms with Crippen LogP contribution in [0.5, 0.6) is 0 Å². The number of hydrogen-bond acceptors (Lipinski definition) is 3. The number of hydrogen-bond donors (Lipinski definition) is 3. The van der Waals surface area contributed by atoms with Crippen LogP contribution in [0.15, 0.2) is 122 Å². The first-order chi connectivity index (χ1) is 40.2. The predicted octanol–water partition coefficient (Wildman–Crippen LogP) is 24.3.